The van der Waals surface area contributed by atoms with Crippen molar-refractivity contribution < 1.29 is 0 Å². The zero-order valence-electron chi connectivity index (χ0n) is 7.89. The van der Waals surface area contributed by atoms with Gasteiger partial charge in [0.15, 0.2) is 0 Å². The third-order valence-electron chi connectivity index (χ3n) is 2.88. The van der Waals surface area contributed by atoms with Gasteiger partial charge in [-0.15, -0.1) is 11.8 Å². The highest BCUT2D eigenvalue weighted by Gasteiger charge is 2.26. The van der Waals surface area contributed by atoms with Gasteiger partial charge in [-0.2, -0.15) is 0 Å². The minimum absolute atomic E-state index is 0.662. The van der Waals surface area contributed by atoms with E-state index in [1.165, 1.54) is 16.9 Å². The lowest BCUT2D eigenvalue weighted by Crippen LogP contribution is -2.21. The first-order valence-corrected chi connectivity index (χ1v) is 5.91. The van der Waals surface area contributed by atoms with Crippen LogP contribution >= 0.6 is 11.8 Å². The van der Waals surface area contributed by atoms with Crippen LogP contribution in [0.3, 0.4) is 0 Å². The van der Waals surface area contributed by atoms with Crippen molar-refractivity contribution in [3.8, 4) is 0 Å². The smallest absolute Gasteiger partial charge is 0.0343 e. The number of allylic oxidation sites excluding steroid dienone is 3. The molecule has 3 rings (SSSR count). The molecule has 1 heterocycles. The first-order chi connectivity index (χ1) is 6.93. The molecular weight excluding hydrogens is 188 g/mol. The van der Waals surface area contributed by atoms with Crippen LogP contribution in [0.2, 0.25) is 0 Å². The monoisotopic (exact) mass is 200 g/mol. The first-order valence-electron chi connectivity index (χ1n) is 5.03. The molecule has 0 nitrogen and oxygen atoms in total. The van der Waals surface area contributed by atoms with Gasteiger partial charge in [-0.25, -0.2) is 0 Å². The SMILES string of the molecule is C1=CC2Cc3ccccc3SC2C=C1. The van der Waals surface area contributed by atoms with Crippen molar-refractivity contribution in [1.29, 1.82) is 0 Å². The zero-order valence-corrected chi connectivity index (χ0v) is 8.71. The number of rotatable bonds is 0. The molecule has 1 aromatic rings. The molecule has 0 spiro atoms. The van der Waals surface area contributed by atoms with E-state index >= 15 is 0 Å². The topological polar surface area (TPSA) is 0 Å². The number of thioether (sulfide) groups is 1. The van der Waals surface area contributed by atoms with Crippen LogP contribution in [0, 0.1) is 5.92 Å². The van der Waals surface area contributed by atoms with E-state index in [-0.39, 0.29) is 0 Å². The first kappa shape index (κ1) is 8.37. The predicted octanol–water partition coefficient (Wildman–Crippen LogP) is 3.45. The fourth-order valence-electron chi connectivity index (χ4n) is 2.13. The Bertz CT molecular complexity index is 364. The summed E-state index contributed by atoms with van der Waals surface area (Å²) in [5.74, 6) is 0.708. The molecule has 70 valence electrons. The molecule has 0 N–H and O–H groups in total. The summed E-state index contributed by atoms with van der Waals surface area (Å²) in [4.78, 5) is 1.47. The third kappa shape index (κ3) is 1.32. The van der Waals surface area contributed by atoms with Crippen LogP contribution in [0.4, 0.5) is 0 Å². The maximum Gasteiger partial charge on any atom is 0.0343 e. The summed E-state index contributed by atoms with van der Waals surface area (Å²) in [6.45, 7) is 0. The van der Waals surface area contributed by atoms with Crippen molar-refractivity contribution in [2.75, 3.05) is 0 Å². The molecular formula is C13H12S. The molecule has 0 amide bonds. The van der Waals surface area contributed by atoms with Gasteiger partial charge >= 0.3 is 0 Å². The van der Waals surface area contributed by atoms with Gasteiger partial charge < -0.3 is 0 Å². The summed E-state index contributed by atoms with van der Waals surface area (Å²) in [5.41, 5.74) is 1.51. The van der Waals surface area contributed by atoms with Crippen molar-refractivity contribution >= 4 is 11.8 Å². The maximum absolute atomic E-state index is 2.34. The van der Waals surface area contributed by atoms with Gasteiger partial charge in [-0.3, -0.25) is 0 Å². The maximum atomic E-state index is 2.34. The van der Waals surface area contributed by atoms with Crippen LogP contribution in [0.25, 0.3) is 0 Å². The standard InChI is InChI=1S/C13H12S/c1-3-7-12-10(5-1)9-11-6-2-4-8-13(11)14-12/h1-8,10,12H,9H2. The average Bonchev–Trinajstić information content (AvgIpc) is 2.26. The van der Waals surface area contributed by atoms with Gasteiger partial charge in [-0.05, 0) is 24.0 Å². The minimum Gasteiger partial charge on any atom is -0.118 e. The molecule has 1 aliphatic heterocycles. The van der Waals surface area contributed by atoms with E-state index in [1.807, 2.05) is 11.8 Å². The number of hydrogen-bond acceptors (Lipinski definition) is 1. The number of benzene rings is 1. The van der Waals surface area contributed by atoms with Gasteiger partial charge in [-0.1, -0.05) is 42.5 Å². The third-order valence-corrected chi connectivity index (χ3v) is 4.31. The molecule has 0 aromatic heterocycles. The minimum atomic E-state index is 0.662. The fourth-order valence-corrected chi connectivity index (χ4v) is 3.42. The molecule has 2 unspecified atom stereocenters. The quantitative estimate of drug-likeness (QED) is 0.618. The van der Waals surface area contributed by atoms with Crippen LogP contribution in [0.15, 0.2) is 53.5 Å². The van der Waals surface area contributed by atoms with Gasteiger partial charge in [0.05, 0.1) is 0 Å². The van der Waals surface area contributed by atoms with Crippen LogP contribution in [-0.2, 0) is 6.42 Å². The molecule has 0 saturated heterocycles. The van der Waals surface area contributed by atoms with E-state index in [0.717, 1.165) is 0 Å². The molecule has 1 aromatic carbocycles. The second-order valence-corrected chi connectivity index (χ2v) is 5.05. The van der Waals surface area contributed by atoms with Gasteiger partial charge in [0.25, 0.3) is 0 Å². The lowest BCUT2D eigenvalue weighted by Gasteiger charge is -2.30. The number of fused-ring (bicyclic) bond motifs is 2. The fraction of sp³-hybridized carbons (Fsp3) is 0.231. The Labute approximate surface area is 88.7 Å². The Morgan fingerprint density at radius 2 is 1.93 bits per heavy atom. The van der Waals surface area contributed by atoms with E-state index in [2.05, 4.69) is 48.6 Å². The highest BCUT2D eigenvalue weighted by molar-refractivity contribution is 8.00. The Morgan fingerprint density at radius 1 is 1.07 bits per heavy atom. The zero-order chi connectivity index (χ0) is 9.38. The van der Waals surface area contributed by atoms with Crippen LogP contribution in [-0.4, -0.2) is 5.25 Å². The molecule has 14 heavy (non-hydrogen) atoms. The van der Waals surface area contributed by atoms with Crippen molar-refractivity contribution in [3.05, 3.63) is 54.1 Å². The highest BCUT2D eigenvalue weighted by atomic mass is 32.2. The van der Waals surface area contributed by atoms with Gasteiger partial charge in [0, 0.05) is 10.1 Å². The van der Waals surface area contributed by atoms with Crippen LogP contribution in [0.5, 0.6) is 0 Å². The van der Waals surface area contributed by atoms with E-state index in [1.54, 1.807) is 0 Å². The lowest BCUT2D eigenvalue weighted by molar-refractivity contribution is 0.646. The molecule has 0 saturated carbocycles. The second kappa shape index (κ2) is 3.32. The Morgan fingerprint density at radius 3 is 2.93 bits per heavy atom. The van der Waals surface area contributed by atoms with Crippen molar-refractivity contribution in [2.24, 2.45) is 5.92 Å². The predicted molar refractivity (Wildman–Crippen MR) is 61.6 cm³/mol. The van der Waals surface area contributed by atoms with Gasteiger partial charge in [0.1, 0.15) is 0 Å². The van der Waals surface area contributed by atoms with Crippen molar-refractivity contribution in [3.63, 3.8) is 0 Å². The summed E-state index contributed by atoms with van der Waals surface area (Å²) in [7, 11) is 0. The summed E-state index contributed by atoms with van der Waals surface area (Å²) in [5, 5.41) is 0.662. The van der Waals surface area contributed by atoms with E-state index in [4.69, 9.17) is 0 Å². The average molecular weight is 200 g/mol. The summed E-state index contributed by atoms with van der Waals surface area (Å²) < 4.78 is 0. The van der Waals surface area contributed by atoms with E-state index in [9.17, 15) is 0 Å². The Balaban J connectivity index is 2.00. The Hall–Kier alpha value is -0.950. The van der Waals surface area contributed by atoms with Crippen molar-refractivity contribution in [2.45, 2.75) is 16.6 Å². The number of hydrogen-bond donors (Lipinski definition) is 0. The Kier molecular flexibility index (Phi) is 1.98. The molecule has 2 aliphatic rings. The molecule has 0 fully saturated rings. The molecule has 2 atom stereocenters. The van der Waals surface area contributed by atoms with Crippen LogP contribution < -0.4 is 0 Å². The second-order valence-electron chi connectivity index (χ2n) is 3.83. The van der Waals surface area contributed by atoms with Crippen LogP contribution in [0.1, 0.15) is 5.56 Å². The molecule has 1 heteroatoms. The summed E-state index contributed by atoms with van der Waals surface area (Å²) in [6.07, 6.45) is 10.2. The molecule has 0 bridgehead atoms. The summed E-state index contributed by atoms with van der Waals surface area (Å²) in [6, 6.07) is 8.77. The van der Waals surface area contributed by atoms with Gasteiger partial charge in [0.2, 0.25) is 0 Å². The largest absolute Gasteiger partial charge is 0.118 e. The van der Waals surface area contributed by atoms with E-state index in [0.29, 0.717) is 11.2 Å². The van der Waals surface area contributed by atoms with Crippen molar-refractivity contribution in [1.82, 2.24) is 0 Å². The molecule has 1 aliphatic carbocycles. The normalized spacial score (nSPS) is 28.3. The summed E-state index contributed by atoms with van der Waals surface area (Å²) >= 11 is 2.00. The van der Waals surface area contributed by atoms with E-state index < -0.39 is 0 Å². The molecule has 0 radical (unpaired) electrons. The highest BCUT2D eigenvalue weighted by Crippen LogP contribution is 2.40. The lowest BCUT2D eigenvalue weighted by atomic mass is 9.92.